The van der Waals surface area contributed by atoms with Gasteiger partial charge in [0.15, 0.2) is 0 Å². The summed E-state index contributed by atoms with van der Waals surface area (Å²) in [5.41, 5.74) is 2.32. The molecular formula is C13H15F2N3. The lowest BCUT2D eigenvalue weighted by Crippen LogP contribution is -2.14. The number of benzene rings is 1. The lowest BCUT2D eigenvalue weighted by molar-refractivity contribution is 0.568. The largest absolute Gasteiger partial charge is 0.308 e. The second kappa shape index (κ2) is 5.27. The zero-order valence-electron chi connectivity index (χ0n) is 10.4. The normalized spacial score (nSPS) is 10.9. The average Bonchev–Trinajstić information content (AvgIpc) is 2.62. The molecule has 0 radical (unpaired) electrons. The first-order valence-electron chi connectivity index (χ1n) is 5.70. The Kier molecular flexibility index (Phi) is 3.72. The first-order chi connectivity index (χ1) is 8.56. The SMILES string of the molecule is Cc1nn(C)cc1CNCc1cc(F)ccc1F. The summed E-state index contributed by atoms with van der Waals surface area (Å²) in [4.78, 5) is 0. The number of nitrogens with zero attached hydrogens (tertiary/aromatic N) is 2. The van der Waals surface area contributed by atoms with E-state index in [0.717, 1.165) is 23.4 Å². The molecule has 1 heterocycles. The van der Waals surface area contributed by atoms with Gasteiger partial charge in [0.1, 0.15) is 11.6 Å². The molecule has 0 saturated heterocycles. The summed E-state index contributed by atoms with van der Waals surface area (Å²) < 4.78 is 28.0. The van der Waals surface area contributed by atoms with Crippen molar-refractivity contribution in [3.8, 4) is 0 Å². The Morgan fingerprint density at radius 3 is 2.61 bits per heavy atom. The van der Waals surface area contributed by atoms with Crippen molar-refractivity contribution >= 4 is 0 Å². The number of nitrogens with one attached hydrogen (secondary N) is 1. The quantitative estimate of drug-likeness (QED) is 0.903. The maximum atomic E-state index is 13.4. The van der Waals surface area contributed by atoms with Crippen LogP contribution in [0.5, 0.6) is 0 Å². The van der Waals surface area contributed by atoms with Crippen molar-refractivity contribution in [3.63, 3.8) is 0 Å². The third-order valence-electron chi connectivity index (χ3n) is 2.75. The highest BCUT2D eigenvalue weighted by molar-refractivity contribution is 5.19. The second-order valence-corrected chi connectivity index (χ2v) is 4.25. The number of rotatable bonds is 4. The topological polar surface area (TPSA) is 29.9 Å². The number of halogens is 2. The van der Waals surface area contributed by atoms with Gasteiger partial charge in [0.05, 0.1) is 5.69 Å². The molecule has 18 heavy (non-hydrogen) atoms. The Bertz CT molecular complexity index is 549. The molecule has 0 aliphatic carbocycles. The highest BCUT2D eigenvalue weighted by Crippen LogP contribution is 2.10. The number of aromatic nitrogens is 2. The lowest BCUT2D eigenvalue weighted by Gasteiger charge is -2.05. The molecule has 0 spiro atoms. The second-order valence-electron chi connectivity index (χ2n) is 4.25. The molecule has 0 aliphatic heterocycles. The highest BCUT2D eigenvalue weighted by Gasteiger charge is 2.05. The summed E-state index contributed by atoms with van der Waals surface area (Å²) in [6, 6.07) is 3.46. The molecule has 5 heteroatoms. The van der Waals surface area contributed by atoms with Gasteiger partial charge in [0, 0.05) is 37.5 Å². The van der Waals surface area contributed by atoms with Crippen LogP contribution >= 0.6 is 0 Å². The van der Waals surface area contributed by atoms with Gasteiger partial charge in [-0.15, -0.1) is 0 Å². The maximum absolute atomic E-state index is 13.4. The van der Waals surface area contributed by atoms with Gasteiger partial charge in [-0.2, -0.15) is 5.10 Å². The van der Waals surface area contributed by atoms with E-state index >= 15 is 0 Å². The van der Waals surface area contributed by atoms with Gasteiger partial charge in [0.2, 0.25) is 0 Å². The van der Waals surface area contributed by atoms with Crippen LogP contribution < -0.4 is 5.32 Å². The van der Waals surface area contributed by atoms with Gasteiger partial charge in [-0.3, -0.25) is 4.68 Å². The molecule has 3 nitrogen and oxygen atoms in total. The summed E-state index contributed by atoms with van der Waals surface area (Å²) >= 11 is 0. The summed E-state index contributed by atoms with van der Waals surface area (Å²) in [5, 5.41) is 7.29. The van der Waals surface area contributed by atoms with Crippen LogP contribution in [0.3, 0.4) is 0 Å². The fraction of sp³-hybridized carbons (Fsp3) is 0.308. The highest BCUT2D eigenvalue weighted by atomic mass is 19.1. The van der Waals surface area contributed by atoms with Crippen LogP contribution in [0.2, 0.25) is 0 Å². The van der Waals surface area contributed by atoms with Crippen molar-refractivity contribution in [2.24, 2.45) is 7.05 Å². The minimum absolute atomic E-state index is 0.290. The van der Waals surface area contributed by atoms with E-state index < -0.39 is 11.6 Å². The fourth-order valence-corrected chi connectivity index (χ4v) is 1.83. The smallest absolute Gasteiger partial charge is 0.127 e. The van der Waals surface area contributed by atoms with Crippen molar-refractivity contribution < 1.29 is 8.78 Å². The van der Waals surface area contributed by atoms with E-state index in [4.69, 9.17) is 0 Å². The lowest BCUT2D eigenvalue weighted by atomic mass is 10.2. The molecule has 0 atom stereocenters. The van der Waals surface area contributed by atoms with Crippen LogP contribution in [-0.4, -0.2) is 9.78 Å². The number of aryl methyl sites for hydroxylation is 2. The van der Waals surface area contributed by atoms with E-state index in [1.807, 2.05) is 20.2 Å². The summed E-state index contributed by atoms with van der Waals surface area (Å²) in [5.74, 6) is -0.822. The van der Waals surface area contributed by atoms with E-state index in [-0.39, 0.29) is 6.54 Å². The summed E-state index contributed by atoms with van der Waals surface area (Å²) in [6.07, 6.45) is 1.91. The first-order valence-corrected chi connectivity index (χ1v) is 5.70. The Morgan fingerprint density at radius 2 is 1.94 bits per heavy atom. The molecule has 1 aromatic heterocycles. The minimum Gasteiger partial charge on any atom is -0.308 e. The van der Waals surface area contributed by atoms with Crippen molar-refractivity contribution in [3.05, 3.63) is 52.9 Å². The van der Waals surface area contributed by atoms with E-state index in [0.29, 0.717) is 12.1 Å². The van der Waals surface area contributed by atoms with E-state index in [1.165, 1.54) is 6.07 Å². The van der Waals surface area contributed by atoms with Crippen molar-refractivity contribution in [1.29, 1.82) is 0 Å². The molecule has 2 aromatic rings. The van der Waals surface area contributed by atoms with Crippen molar-refractivity contribution in [2.75, 3.05) is 0 Å². The molecule has 1 N–H and O–H groups in total. The van der Waals surface area contributed by atoms with Crippen LogP contribution in [0.1, 0.15) is 16.8 Å². The van der Waals surface area contributed by atoms with E-state index in [9.17, 15) is 8.78 Å². The minimum atomic E-state index is -0.425. The number of hydrogen-bond acceptors (Lipinski definition) is 2. The molecule has 0 saturated carbocycles. The van der Waals surface area contributed by atoms with Crippen LogP contribution in [0.4, 0.5) is 8.78 Å². The molecule has 96 valence electrons. The maximum Gasteiger partial charge on any atom is 0.127 e. The van der Waals surface area contributed by atoms with Crippen LogP contribution in [0, 0.1) is 18.6 Å². The molecule has 0 unspecified atom stereocenters. The van der Waals surface area contributed by atoms with Crippen LogP contribution in [0.25, 0.3) is 0 Å². The standard InChI is InChI=1S/C13H15F2N3/c1-9-11(8-18(2)17-9)7-16-6-10-5-12(14)3-4-13(10)15/h3-5,8,16H,6-7H2,1-2H3. The predicted molar refractivity (Wildman–Crippen MR) is 64.8 cm³/mol. The van der Waals surface area contributed by atoms with Crippen LogP contribution in [0.15, 0.2) is 24.4 Å². The van der Waals surface area contributed by atoms with Gasteiger partial charge < -0.3 is 5.32 Å². The van der Waals surface area contributed by atoms with Gasteiger partial charge in [-0.1, -0.05) is 0 Å². The molecule has 0 amide bonds. The molecule has 1 aromatic carbocycles. The zero-order valence-corrected chi connectivity index (χ0v) is 10.4. The molecular weight excluding hydrogens is 236 g/mol. The molecule has 2 rings (SSSR count). The first kappa shape index (κ1) is 12.7. The number of hydrogen-bond donors (Lipinski definition) is 1. The van der Waals surface area contributed by atoms with Gasteiger partial charge in [-0.05, 0) is 25.1 Å². The van der Waals surface area contributed by atoms with Gasteiger partial charge in [0.25, 0.3) is 0 Å². The Balaban J connectivity index is 1.96. The van der Waals surface area contributed by atoms with Crippen molar-refractivity contribution in [1.82, 2.24) is 15.1 Å². The third kappa shape index (κ3) is 2.92. The van der Waals surface area contributed by atoms with Crippen molar-refractivity contribution in [2.45, 2.75) is 20.0 Å². The Labute approximate surface area is 104 Å². The average molecular weight is 251 g/mol. The predicted octanol–water partition coefficient (Wildman–Crippen LogP) is 2.30. The molecule has 0 aliphatic rings. The van der Waals surface area contributed by atoms with Crippen LogP contribution in [-0.2, 0) is 20.1 Å². The zero-order chi connectivity index (χ0) is 13.1. The monoisotopic (exact) mass is 251 g/mol. The van der Waals surface area contributed by atoms with Gasteiger partial charge >= 0.3 is 0 Å². The van der Waals surface area contributed by atoms with Gasteiger partial charge in [-0.25, -0.2) is 8.78 Å². The summed E-state index contributed by atoms with van der Waals surface area (Å²) in [7, 11) is 1.85. The van der Waals surface area contributed by atoms with E-state index in [2.05, 4.69) is 10.4 Å². The molecule has 0 fully saturated rings. The third-order valence-corrected chi connectivity index (χ3v) is 2.75. The molecule has 0 bridgehead atoms. The van der Waals surface area contributed by atoms with E-state index in [1.54, 1.807) is 4.68 Å². The Morgan fingerprint density at radius 1 is 1.22 bits per heavy atom. The summed E-state index contributed by atoms with van der Waals surface area (Å²) in [6.45, 7) is 2.79. The Hall–Kier alpha value is -1.75. The fourth-order valence-electron chi connectivity index (χ4n) is 1.83.